The molecule has 0 radical (unpaired) electrons. The molecule has 0 atom stereocenters. The minimum Gasteiger partial charge on any atom is -0.367 e. The van der Waals surface area contributed by atoms with Crippen molar-refractivity contribution < 1.29 is 14.4 Å². The quantitative estimate of drug-likeness (QED) is 0.790. The second-order valence-corrected chi connectivity index (χ2v) is 5.38. The summed E-state index contributed by atoms with van der Waals surface area (Å²) in [7, 11) is 0. The number of aromatic amines is 1. The van der Waals surface area contributed by atoms with Crippen LogP contribution in [0.1, 0.15) is 32.7 Å². The normalized spacial score (nSPS) is 13.3. The van der Waals surface area contributed by atoms with E-state index < -0.39 is 0 Å². The molecule has 2 aromatic rings. The second kappa shape index (κ2) is 6.48. The number of fused-ring (bicyclic) bond motifs is 1. The summed E-state index contributed by atoms with van der Waals surface area (Å²) in [6.45, 7) is 0.626. The Balaban J connectivity index is 1.48. The number of hydrogen-bond acceptors (Lipinski definition) is 3. The van der Waals surface area contributed by atoms with Crippen LogP contribution in [0.15, 0.2) is 42.7 Å². The van der Waals surface area contributed by atoms with Crippen LogP contribution in [0.4, 0.5) is 0 Å². The largest absolute Gasteiger partial charge is 0.367 e. The van der Waals surface area contributed by atoms with Gasteiger partial charge in [0.05, 0.1) is 11.1 Å². The Morgan fingerprint density at radius 3 is 2.39 bits per heavy atom. The number of nitrogens with zero attached hydrogens (tertiary/aromatic N) is 1. The van der Waals surface area contributed by atoms with Gasteiger partial charge >= 0.3 is 0 Å². The first-order valence-corrected chi connectivity index (χ1v) is 7.50. The highest BCUT2D eigenvalue weighted by Gasteiger charge is 2.34. The van der Waals surface area contributed by atoms with Crippen molar-refractivity contribution in [3.63, 3.8) is 0 Å². The maximum absolute atomic E-state index is 12.2. The Labute approximate surface area is 133 Å². The third-order valence-corrected chi connectivity index (χ3v) is 3.84. The molecule has 0 spiro atoms. The third-order valence-electron chi connectivity index (χ3n) is 3.84. The molecule has 0 saturated heterocycles. The predicted octanol–water partition coefficient (Wildman–Crippen LogP) is 1.36. The van der Waals surface area contributed by atoms with Crippen molar-refractivity contribution in [1.29, 1.82) is 0 Å². The van der Waals surface area contributed by atoms with Gasteiger partial charge in [-0.1, -0.05) is 12.1 Å². The number of H-pyrrole nitrogens is 1. The molecule has 3 rings (SSSR count). The molecule has 0 unspecified atom stereocenters. The van der Waals surface area contributed by atoms with Crippen LogP contribution in [-0.2, 0) is 11.2 Å². The lowest BCUT2D eigenvalue weighted by Gasteiger charge is -2.13. The minimum atomic E-state index is -0.328. The Morgan fingerprint density at radius 2 is 1.78 bits per heavy atom. The molecule has 3 amide bonds. The van der Waals surface area contributed by atoms with E-state index in [2.05, 4.69) is 10.3 Å². The lowest BCUT2D eigenvalue weighted by atomic mass is 10.1. The molecule has 0 aliphatic carbocycles. The first kappa shape index (κ1) is 15.0. The Kier molecular flexibility index (Phi) is 4.23. The van der Waals surface area contributed by atoms with E-state index in [1.54, 1.807) is 24.3 Å². The number of carbonyl (C=O) groups excluding carboxylic acids is 3. The van der Waals surface area contributed by atoms with E-state index in [0.717, 1.165) is 16.9 Å². The SMILES string of the molecule is O=C(CCN1C(=O)c2ccccc2C1=O)NCCc1cc[nH]c1. The molecular weight excluding hydrogens is 294 g/mol. The molecule has 0 bridgehead atoms. The minimum absolute atomic E-state index is 0.0995. The Hall–Kier alpha value is -2.89. The summed E-state index contributed by atoms with van der Waals surface area (Å²) >= 11 is 0. The van der Waals surface area contributed by atoms with Crippen molar-refractivity contribution in [2.45, 2.75) is 12.8 Å². The predicted molar refractivity (Wildman–Crippen MR) is 83.9 cm³/mol. The lowest BCUT2D eigenvalue weighted by molar-refractivity contribution is -0.121. The van der Waals surface area contributed by atoms with E-state index >= 15 is 0 Å². The molecule has 2 heterocycles. The van der Waals surface area contributed by atoms with Crippen molar-refractivity contribution in [2.24, 2.45) is 0 Å². The number of nitrogens with one attached hydrogen (secondary N) is 2. The van der Waals surface area contributed by atoms with Gasteiger partial charge in [-0.3, -0.25) is 19.3 Å². The molecular formula is C17H17N3O3. The number of aromatic nitrogens is 1. The first-order chi connectivity index (χ1) is 11.2. The number of carbonyl (C=O) groups is 3. The van der Waals surface area contributed by atoms with E-state index in [1.807, 2.05) is 18.5 Å². The van der Waals surface area contributed by atoms with Gasteiger partial charge in [-0.25, -0.2) is 0 Å². The molecule has 0 saturated carbocycles. The Morgan fingerprint density at radius 1 is 1.09 bits per heavy atom. The zero-order chi connectivity index (χ0) is 16.2. The smallest absolute Gasteiger partial charge is 0.261 e. The van der Waals surface area contributed by atoms with Crippen LogP contribution in [0, 0.1) is 0 Å². The molecule has 1 aromatic heterocycles. The van der Waals surface area contributed by atoms with Crippen molar-refractivity contribution in [1.82, 2.24) is 15.2 Å². The maximum atomic E-state index is 12.2. The summed E-state index contributed by atoms with van der Waals surface area (Å²) in [5.74, 6) is -0.825. The fourth-order valence-corrected chi connectivity index (χ4v) is 2.60. The van der Waals surface area contributed by atoms with E-state index in [0.29, 0.717) is 17.7 Å². The summed E-state index contributed by atoms with van der Waals surface area (Å²) in [6, 6.07) is 8.66. The van der Waals surface area contributed by atoms with Crippen LogP contribution < -0.4 is 5.32 Å². The van der Waals surface area contributed by atoms with Crippen molar-refractivity contribution in [3.05, 3.63) is 59.4 Å². The van der Waals surface area contributed by atoms with E-state index in [-0.39, 0.29) is 30.7 Å². The van der Waals surface area contributed by atoms with Crippen molar-refractivity contribution in [2.75, 3.05) is 13.1 Å². The average Bonchev–Trinajstić information content (AvgIpc) is 3.15. The second-order valence-electron chi connectivity index (χ2n) is 5.38. The topological polar surface area (TPSA) is 82.3 Å². The summed E-state index contributed by atoms with van der Waals surface area (Å²) in [4.78, 5) is 40.3. The highest BCUT2D eigenvalue weighted by molar-refractivity contribution is 6.21. The molecule has 6 nitrogen and oxygen atoms in total. The number of imide groups is 1. The molecule has 118 valence electrons. The fourth-order valence-electron chi connectivity index (χ4n) is 2.60. The highest BCUT2D eigenvalue weighted by atomic mass is 16.2. The van der Waals surface area contributed by atoms with Gasteiger partial charge in [-0.2, -0.15) is 0 Å². The van der Waals surface area contributed by atoms with Gasteiger partial charge in [0.15, 0.2) is 0 Å². The van der Waals surface area contributed by atoms with Gasteiger partial charge in [0.1, 0.15) is 0 Å². The van der Waals surface area contributed by atoms with Gasteiger partial charge in [0, 0.05) is 31.9 Å². The van der Waals surface area contributed by atoms with E-state index in [9.17, 15) is 14.4 Å². The third kappa shape index (κ3) is 3.15. The lowest BCUT2D eigenvalue weighted by Crippen LogP contribution is -2.35. The van der Waals surface area contributed by atoms with Crippen LogP contribution in [-0.4, -0.2) is 40.7 Å². The maximum Gasteiger partial charge on any atom is 0.261 e. The van der Waals surface area contributed by atoms with E-state index in [4.69, 9.17) is 0 Å². The van der Waals surface area contributed by atoms with Gasteiger partial charge in [0.2, 0.25) is 5.91 Å². The number of amides is 3. The van der Waals surface area contributed by atoms with Crippen LogP contribution >= 0.6 is 0 Å². The number of hydrogen-bond donors (Lipinski definition) is 2. The van der Waals surface area contributed by atoms with Gasteiger partial charge < -0.3 is 10.3 Å². The first-order valence-electron chi connectivity index (χ1n) is 7.50. The van der Waals surface area contributed by atoms with Crippen molar-refractivity contribution >= 4 is 17.7 Å². The van der Waals surface area contributed by atoms with E-state index in [1.165, 1.54) is 0 Å². The van der Waals surface area contributed by atoms with Crippen molar-refractivity contribution in [3.8, 4) is 0 Å². The van der Waals surface area contributed by atoms with Crippen LogP contribution in [0.5, 0.6) is 0 Å². The number of benzene rings is 1. The molecule has 1 aliphatic heterocycles. The molecule has 6 heteroatoms. The molecule has 1 aromatic carbocycles. The van der Waals surface area contributed by atoms with Crippen LogP contribution in [0.3, 0.4) is 0 Å². The zero-order valence-electron chi connectivity index (χ0n) is 12.5. The van der Waals surface area contributed by atoms with Crippen LogP contribution in [0.25, 0.3) is 0 Å². The molecule has 0 fully saturated rings. The monoisotopic (exact) mass is 311 g/mol. The number of rotatable bonds is 6. The highest BCUT2D eigenvalue weighted by Crippen LogP contribution is 2.22. The van der Waals surface area contributed by atoms with Gasteiger partial charge in [0.25, 0.3) is 11.8 Å². The van der Waals surface area contributed by atoms with Crippen LogP contribution in [0.2, 0.25) is 0 Å². The van der Waals surface area contributed by atoms with Gasteiger partial charge in [-0.15, -0.1) is 0 Å². The Bertz CT molecular complexity index is 702. The summed E-state index contributed by atoms with van der Waals surface area (Å²) in [6.07, 6.45) is 4.56. The zero-order valence-corrected chi connectivity index (χ0v) is 12.5. The fraction of sp³-hybridized carbons (Fsp3) is 0.235. The molecule has 1 aliphatic rings. The molecule has 2 N–H and O–H groups in total. The molecule has 23 heavy (non-hydrogen) atoms. The standard InChI is InChI=1S/C17H17N3O3/c21-15(19-9-6-12-5-8-18-11-12)7-10-20-16(22)13-3-1-2-4-14(13)17(20)23/h1-5,8,11,18H,6-7,9-10H2,(H,19,21). The summed E-state index contributed by atoms with van der Waals surface area (Å²) in [5, 5.41) is 2.79. The summed E-state index contributed by atoms with van der Waals surface area (Å²) in [5.41, 5.74) is 1.93. The van der Waals surface area contributed by atoms with Gasteiger partial charge in [-0.05, 0) is 30.2 Å². The summed E-state index contributed by atoms with van der Waals surface area (Å²) < 4.78 is 0. The average molecular weight is 311 g/mol.